The number of thiazole rings is 1. The van der Waals surface area contributed by atoms with Crippen molar-refractivity contribution in [2.24, 2.45) is 0 Å². The van der Waals surface area contributed by atoms with Gasteiger partial charge in [0.25, 0.3) is 5.91 Å². The Bertz CT molecular complexity index is 1120. The Hall–Kier alpha value is -2.45. The van der Waals surface area contributed by atoms with Crippen LogP contribution in [0.15, 0.2) is 66.7 Å². The number of anilines is 1. The van der Waals surface area contributed by atoms with Crippen LogP contribution in [0.5, 0.6) is 5.75 Å². The largest absolute Gasteiger partial charge is 0.483 e. The van der Waals surface area contributed by atoms with Crippen LogP contribution < -0.4 is 10.1 Å². The molecule has 0 aliphatic heterocycles. The van der Waals surface area contributed by atoms with Crippen LogP contribution in [0.4, 0.5) is 5.69 Å². The highest BCUT2D eigenvalue weighted by molar-refractivity contribution is 14.1. The zero-order valence-corrected chi connectivity index (χ0v) is 18.1. The lowest BCUT2D eigenvalue weighted by atomic mass is 10.2. The van der Waals surface area contributed by atoms with Gasteiger partial charge in [-0.25, -0.2) is 4.98 Å². The van der Waals surface area contributed by atoms with Crippen molar-refractivity contribution in [3.05, 3.63) is 75.9 Å². The number of ether oxygens (including phenoxy) is 1. The Kier molecular flexibility index (Phi) is 5.59. The van der Waals surface area contributed by atoms with Gasteiger partial charge in [0.15, 0.2) is 6.61 Å². The van der Waals surface area contributed by atoms with E-state index in [1.165, 1.54) is 0 Å². The fourth-order valence-electron chi connectivity index (χ4n) is 2.84. The van der Waals surface area contributed by atoms with Crippen LogP contribution in [0, 0.1) is 10.5 Å². The number of hydrogen-bond donors (Lipinski definition) is 1. The van der Waals surface area contributed by atoms with Crippen LogP contribution >= 0.6 is 33.9 Å². The maximum atomic E-state index is 12.5. The van der Waals surface area contributed by atoms with Crippen LogP contribution in [0.2, 0.25) is 0 Å². The van der Waals surface area contributed by atoms with Crippen LogP contribution in [0.3, 0.4) is 0 Å². The number of carbonyl (C=O) groups excluding carboxylic acids is 1. The Morgan fingerprint density at radius 1 is 1.11 bits per heavy atom. The molecule has 0 aliphatic carbocycles. The Morgan fingerprint density at radius 2 is 1.89 bits per heavy atom. The molecule has 4 nitrogen and oxygen atoms in total. The van der Waals surface area contributed by atoms with E-state index in [0.717, 1.165) is 35.6 Å². The molecule has 1 heterocycles. The first-order chi connectivity index (χ1) is 13.6. The first kappa shape index (κ1) is 18.9. The van der Waals surface area contributed by atoms with E-state index in [9.17, 15) is 4.79 Å². The number of benzene rings is 3. The highest BCUT2D eigenvalue weighted by Gasteiger charge is 2.14. The monoisotopic (exact) mass is 500 g/mol. The number of fused-ring (bicyclic) bond motifs is 1. The minimum atomic E-state index is -0.202. The second kappa shape index (κ2) is 8.28. The molecule has 0 radical (unpaired) electrons. The molecule has 0 saturated heterocycles. The van der Waals surface area contributed by atoms with E-state index in [1.807, 2.05) is 67.6 Å². The molecule has 0 bridgehead atoms. The van der Waals surface area contributed by atoms with Crippen LogP contribution in [0.1, 0.15) is 5.56 Å². The van der Waals surface area contributed by atoms with Gasteiger partial charge in [0.2, 0.25) is 0 Å². The summed E-state index contributed by atoms with van der Waals surface area (Å²) in [4.78, 5) is 17.2. The first-order valence-electron chi connectivity index (χ1n) is 8.74. The van der Waals surface area contributed by atoms with Crippen molar-refractivity contribution < 1.29 is 9.53 Å². The number of nitrogens with zero attached hydrogens (tertiary/aromatic N) is 1. The van der Waals surface area contributed by atoms with Gasteiger partial charge in [0.05, 0.1) is 15.9 Å². The van der Waals surface area contributed by atoms with Crippen molar-refractivity contribution in [1.82, 2.24) is 4.98 Å². The van der Waals surface area contributed by atoms with Crippen molar-refractivity contribution in [3.8, 4) is 16.3 Å². The third-order valence-corrected chi connectivity index (χ3v) is 5.97. The van der Waals surface area contributed by atoms with E-state index < -0.39 is 0 Å². The van der Waals surface area contributed by atoms with Crippen molar-refractivity contribution in [1.29, 1.82) is 0 Å². The van der Waals surface area contributed by atoms with Crippen LogP contribution in [-0.2, 0) is 4.79 Å². The molecule has 0 atom stereocenters. The molecule has 4 aromatic rings. The normalized spacial score (nSPS) is 10.8. The molecule has 0 spiro atoms. The van der Waals surface area contributed by atoms with E-state index >= 15 is 0 Å². The second-order valence-electron chi connectivity index (χ2n) is 6.28. The average molecular weight is 500 g/mol. The summed E-state index contributed by atoms with van der Waals surface area (Å²) in [6.45, 7) is 1.91. The van der Waals surface area contributed by atoms with Gasteiger partial charge in [-0.1, -0.05) is 30.3 Å². The maximum absolute atomic E-state index is 12.5. The van der Waals surface area contributed by atoms with Crippen molar-refractivity contribution in [2.45, 2.75) is 6.92 Å². The number of rotatable bonds is 5. The topological polar surface area (TPSA) is 51.2 Å². The number of hydrogen-bond acceptors (Lipinski definition) is 4. The fraction of sp³-hybridized carbons (Fsp3) is 0.0909. The number of nitrogens with one attached hydrogen (secondary N) is 1. The molecule has 3 aromatic carbocycles. The molecular formula is C22H17IN2O2S. The predicted molar refractivity (Wildman–Crippen MR) is 123 cm³/mol. The average Bonchev–Trinajstić information content (AvgIpc) is 3.13. The van der Waals surface area contributed by atoms with Gasteiger partial charge in [-0.05, 0) is 71.5 Å². The quantitative estimate of drug-likeness (QED) is 0.348. The Labute approximate surface area is 180 Å². The number of aryl methyl sites for hydroxylation is 1. The molecule has 0 saturated carbocycles. The molecule has 0 aliphatic rings. The second-order valence-corrected chi connectivity index (χ2v) is 8.56. The van der Waals surface area contributed by atoms with E-state index in [-0.39, 0.29) is 12.5 Å². The Morgan fingerprint density at radius 3 is 2.71 bits per heavy atom. The van der Waals surface area contributed by atoms with Crippen LogP contribution in [0.25, 0.3) is 20.8 Å². The van der Waals surface area contributed by atoms with Crippen molar-refractivity contribution in [3.63, 3.8) is 0 Å². The van der Waals surface area contributed by atoms with E-state index in [1.54, 1.807) is 11.3 Å². The smallest absolute Gasteiger partial charge is 0.262 e. The Balaban J connectivity index is 1.56. The summed E-state index contributed by atoms with van der Waals surface area (Å²) in [7, 11) is 0. The van der Waals surface area contributed by atoms with Crippen molar-refractivity contribution in [2.75, 3.05) is 11.9 Å². The van der Waals surface area contributed by atoms with E-state index in [0.29, 0.717) is 5.75 Å². The number of carbonyl (C=O) groups is 1. The minimum absolute atomic E-state index is 0.0455. The van der Waals surface area contributed by atoms with Gasteiger partial charge >= 0.3 is 0 Å². The summed E-state index contributed by atoms with van der Waals surface area (Å²) < 4.78 is 7.87. The third kappa shape index (κ3) is 4.18. The lowest BCUT2D eigenvalue weighted by Gasteiger charge is -2.12. The molecule has 0 fully saturated rings. The zero-order chi connectivity index (χ0) is 19.5. The SMILES string of the molecule is Cc1ccccc1OCC(=O)Nc1ccc(I)cc1-c1nc2ccccc2s1. The minimum Gasteiger partial charge on any atom is -0.483 e. The zero-order valence-electron chi connectivity index (χ0n) is 15.1. The summed E-state index contributed by atoms with van der Waals surface area (Å²) in [6.07, 6.45) is 0. The van der Waals surface area contributed by atoms with Gasteiger partial charge in [0.1, 0.15) is 10.8 Å². The molecule has 1 aromatic heterocycles. The summed E-state index contributed by atoms with van der Waals surface area (Å²) in [6, 6.07) is 21.6. The number of amides is 1. The van der Waals surface area contributed by atoms with Crippen molar-refractivity contribution >= 4 is 55.7 Å². The fourth-order valence-corrected chi connectivity index (χ4v) is 4.32. The molecule has 28 heavy (non-hydrogen) atoms. The standard InChI is InChI=1S/C22H17IN2O2S/c1-14-6-2-4-8-19(14)27-13-21(26)24-17-11-10-15(23)12-16(17)22-25-18-7-3-5-9-20(18)28-22/h2-12H,13H2,1H3,(H,24,26). The predicted octanol–water partition coefficient (Wildman–Crippen LogP) is 5.89. The molecular weight excluding hydrogens is 483 g/mol. The van der Waals surface area contributed by atoms with Gasteiger partial charge < -0.3 is 10.1 Å². The first-order valence-corrected chi connectivity index (χ1v) is 10.6. The molecule has 140 valence electrons. The summed E-state index contributed by atoms with van der Waals surface area (Å²) >= 11 is 3.88. The van der Waals surface area contributed by atoms with E-state index in [2.05, 4.69) is 34.0 Å². The molecule has 6 heteroatoms. The number of para-hydroxylation sites is 2. The maximum Gasteiger partial charge on any atom is 0.262 e. The highest BCUT2D eigenvalue weighted by atomic mass is 127. The molecule has 1 N–H and O–H groups in total. The van der Waals surface area contributed by atoms with Gasteiger partial charge in [0, 0.05) is 9.13 Å². The highest BCUT2D eigenvalue weighted by Crippen LogP contribution is 2.35. The number of aromatic nitrogens is 1. The summed E-state index contributed by atoms with van der Waals surface area (Å²) in [5.74, 6) is 0.512. The van der Waals surface area contributed by atoms with Gasteiger partial charge in [-0.2, -0.15) is 0 Å². The summed E-state index contributed by atoms with van der Waals surface area (Å²) in [5.41, 5.74) is 3.61. The number of halogens is 1. The van der Waals surface area contributed by atoms with Gasteiger partial charge in [-0.15, -0.1) is 11.3 Å². The van der Waals surface area contributed by atoms with E-state index in [4.69, 9.17) is 9.72 Å². The third-order valence-electron chi connectivity index (χ3n) is 4.23. The summed E-state index contributed by atoms with van der Waals surface area (Å²) in [5, 5.41) is 3.85. The van der Waals surface area contributed by atoms with Crippen LogP contribution in [-0.4, -0.2) is 17.5 Å². The molecule has 0 unspecified atom stereocenters. The lowest BCUT2D eigenvalue weighted by molar-refractivity contribution is -0.118. The molecule has 4 rings (SSSR count). The molecule has 1 amide bonds. The lowest BCUT2D eigenvalue weighted by Crippen LogP contribution is -2.20. The van der Waals surface area contributed by atoms with Gasteiger partial charge in [-0.3, -0.25) is 4.79 Å².